The van der Waals surface area contributed by atoms with Gasteiger partial charge in [-0.15, -0.1) is 0 Å². The van der Waals surface area contributed by atoms with Crippen molar-refractivity contribution in [3.63, 3.8) is 0 Å². The monoisotopic (exact) mass is 1090 g/mol. The molecule has 0 N–H and O–H groups in total. The van der Waals surface area contributed by atoms with Crippen molar-refractivity contribution in [3.8, 4) is 77.9 Å². The van der Waals surface area contributed by atoms with Gasteiger partial charge in [0.05, 0.1) is 31.5 Å². The number of benzene rings is 15. The Bertz CT molecular complexity index is 6570. The van der Waals surface area contributed by atoms with Crippen molar-refractivity contribution in [1.29, 1.82) is 0 Å². The standard InChI is InChI=1S/C44H28O.C38H24O/c1-3-13-30(14-4-1)41-34-17-7-9-19-36(34)42(37-20-10-8-18-35(37)41)32-25-23-29(24-26-32)33-27-28-40-44(38-21-11-12-22-39(38)45-40)43(33)31-15-5-2-6-16-31;1-2-10-26(11-3-1)37-30-13-4-6-15-32(30)38(33-16-7-5-14-31(33)37)27-20-18-25(19-21-27)28-22-23-36-34(24-28)29-12-8-9-17-35(29)39-36/h1-28H;1-24H/i7D,8D,9D,10D,17D,18D,19D,20D;4D,5D,6D,7D,13D,14D,15D,16D,18D,19D,20D,21D,22D,23D,24D. The van der Waals surface area contributed by atoms with Gasteiger partial charge in [0.15, 0.2) is 0 Å². The van der Waals surface area contributed by atoms with Gasteiger partial charge < -0.3 is 8.83 Å². The lowest BCUT2D eigenvalue weighted by molar-refractivity contribution is 0.668. The molecule has 2 heteroatoms. The molecule has 17 aromatic rings. The summed E-state index contributed by atoms with van der Waals surface area (Å²) in [4.78, 5) is 0. The van der Waals surface area contributed by atoms with Crippen LogP contribution in [0.4, 0.5) is 0 Å². The average Bonchev–Trinajstić information content (AvgIpc) is 1.72. The van der Waals surface area contributed by atoms with E-state index in [4.69, 9.17) is 32.1 Å². The normalized spacial score (nSPS) is 15.4. The molecular formula is C82H52O2. The molecule has 0 atom stereocenters. The van der Waals surface area contributed by atoms with Crippen LogP contribution < -0.4 is 0 Å². The average molecular weight is 1090 g/mol. The third-order valence-corrected chi connectivity index (χ3v) is 15.2. The second-order valence-electron chi connectivity index (χ2n) is 19.9. The van der Waals surface area contributed by atoms with Crippen molar-refractivity contribution in [1.82, 2.24) is 0 Å². The molecule has 0 spiro atoms. The van der Waals surface area contributed by atoms with Gasteiger partial charge in [-0.1, -0.05) is 285 Å². The van der Waals surface area contributed by atoms with Gasteiger partial charge in [0.25, 0.3) is 0 Å². The fourth-order valence-corrected chi connectivity index (χ4v) is 11.6. The van der Waals surface area contributed by atoms with Crippen molar-refractivity contribution in [2.24, 2.45) is 0 Å². The maximum Gasteiger partial charge on any atom is 0.136 e. The van der Waals surface area contributed by atoms with E-state index >= 15 is 0 Å². The molecule has 0 bridgehead atoms. The number of rotatable bonds is 7. The molecule has 2 aromatic heterocycles. The summed E-state index contributed by atoms with van der Waals surface area (Å²) in [5.74, 6) is 0. The second kappa shape index (κ2) is 20.5. The second-order valence-corrected chi connectivity index (χ2v) is 19.9. The maximum absolute atomic E-state index is 9.36. The molecule has 0 fully saturated rings. The SMILES string of the molecule is [2H]c1c([2H])c(-c2c3c([2H])c([2H])c([2H])c([2H])c3c(-c3ccccc3)c3c([2H])c([2H])c([2H])c([2H])c23)c([2H])c([2H])c1-c1c([2H])c([2H])c2oc3ccccc3c2c1[2H].[2H]c1c([2H])c([2H])c2c(-c3ccc(-c4ccc5oc6ccccc6c5c4-c4ccccc4)cc3)c3c([2H])c([2H])c([2H])c([2H])c3c(-c3ccccc3)c2c1[2H]. The Morgan fingerprint density at radius 1 is 0.202 bits per heavy atom. The van der Waals surface area contributed by atoms with E-state index in [2.05, 4.69) is 18.2 Å². The first-order chi connectivity index (χ1) is 51.3. The lowest BCUT2D eigenvalue weighted by Crippen LogP contribution is -1.91. The van der Waals surface area contributed by atoms with E-state index in [1.165, 1.54) is 0 Å². The minimum absolute atomic E-state index is 0.0541. The number of hydrogen-bond donors (Lipinski definition) is 0. The van der Waals surface area contributed by atoms with Crippen LogP contribution in [0.5, 0.6) is 0 Å². The first-order valence-electron chi connectivity index (χ1n) is 38.4. The third-order valence-electron chi connectivity index (χ3n) is 15.2. The summed E-state index contributed by atoms with van der Waals surface area (Å²) in [5.41, 5.74) is 6.22. The Morgan fingerprint density at radius 2 is 0.560 bits per heavy atom. The minimum Gasteiger partial charge on any atom is -0.456 e. The summed E-state index contributed by atoms with van der Waals surface area (Å²) in [6.45, 7) is 0. The van der Waals surface area contributed by atoms with Crippen LogP contribution in [0.3, 0.4) is 0 Å². The van der Waals surface area contributed by atoms with Gasteiger partial charge in [-0.3, -0.25) is 0 Å². The summed E-state index contributed by atoms with van der Waals surface area (Å²) >= 11 is 0. The zero-order chi connectivity index (χ0) is 75.5. The predicted octanol–water partition coefficient (Wildman–Crippen LogP) is 23.5. The van der Waals surface area contributed by atoms with Crippen molar-refractivity contribution in [2.45, 2.75) is 0 Å². The fraction of sp³-hybridized carbons (Fsp3) is 0. The van der Waals surface area contributed by atoms with E-state index in [0.717, 1.165) is 44.2 Å². The van der Waals surface area contributed by atoms with Gasteiger partial charge in [-0.2, -0.15) is 0 Å². The molecule has 0 amide bonds. The van der Waals surface area contributed by atoms with E-state index in [-0.39, 0.29) is 101 Å². The van der Waals surface area contributed by atoms with Crippen molar-refractivity contribution >= 4 is 87.0 Å². The van der Waals surface area contributed by atoms with Gasteiger partial charge in [0, 0.05) is 27.1 Å². The van der Waals surface area contributed by atoms with Crippen molar-refractivity contribution in [2.75, 3.05) is 0 Å². The molecular weight excluding hydrogens is 1020 g/mol. The van der Waals surface area contributed by atoms with Crippen LogP contribution in [0.15, 0.2) is 324 Å². The smallest absolute Gasteiger partial charge is 0.136 e. The Balaban J connectivity index is 0.000000164. The topological polar surface area (TPSA) is 26.3 Å². The molecule has 15 aromatic carbocycles. The van der Waals surface area contributed by atoms with Crippen LogP contribution in [0.1, 0.15) is 31.5 Å². The van der Waals surface area contributed by atoms with Gasteiger partial charge >= 0.3 is 0 Å². The molecule has 0 radical (unpaired) electrons. The van der Waals surface area contributed by atoms with Gasteiger partial charge in [-0.05, 0) is 146 Å². The summed E-state index contributed by atoms with van der Waals surface area (Å²) < 4.78 is 218. The van der Waals surface area contributed by atoms with Crippen LogP contribution in [0.25, 0.3) is 165 Å². The van der Waals surface area contributed by atoms with Crippen LogP contribution in [0.2, 0.25) is 0 Å². The highest BCUT2D eigenvalue weighted by molar-refractivity contribution is 6.23. The van der Waals surface area contributed by atoms with Crippen molar-refractivity contribution < 1.29 is 40.4 Å². The van der Waals surface area contributed by atoms with Crippen LogP contribution in [-0.4, -0.2) is 0 Å². The molecule has 84 heavy (non-hydrogen) atoms. The minimum atomic E-state index is -0.761. The predicted molar refractivity (Wildman–Crippen MR) is 356 cm³/mol. The number of fused-ring (bicyclic) bond motifs is 10. The summed E-state index contributed by atoms with van der Waals surface area (Å²) in [6, 6.07) is 41.5. The van der Waals surface area contributed by atoms with Gasteiger partial charge in [0.2, 0.25) is 0 Å². The lowest BCUT2D eigenvalue weighted by atomic mass is 9.85. The molecule has 0 saturated heterocycles. The van der Waals surface area contributed by atoms with Gasteiger partial charge in [-0.25, -0.2) is 0 Å². The first-order valence-corrected chi connectivity index (χ1v) is 26.9. The van der Waals surface area contributed by atoms with Crippen LogP contribution >= 0.6 is 0 Å². The van der Waals surface area contributed by atoms with Crippen LogP contribution in [-0.2, 0) is 0 Å². The Hall–Kier alpha value is -11.1. The molecule has 2 nitrogen and oxygen atoms in total. The Morgan fingerprint density at radius 3 is 1.05 bits per heavy atom. The fourth-order valence-electron chi connectivity index (χ4n) is 11.6. The largest absolute Gasteiger partial charge is 0.456 e. The highest BCUT2D eigenvalue weighted by Gasteiger charge is 2.21. The molecule has 2 heterocycles. The van der Waals surface area contributed by atoms with Crippen LogP contribution in [0, 0.1) is 0 Å². The first kappa shape index (κ1) is 30.7. The number of hydrogen-bond acceptors (Lipinski definition) is 2. The summed E-state index contributed by atoms with van der Waals surface area (Å²) in [6.07, 6.45) is 0. The zero-order valence-electron chi connectivity index (χ0n) is 67.1. The van der Waals surface area contributed by atoms with E-state index < -0.39 is 120 Å². The molecule has 0 aliphatic heterocycles. The highest BCUT2D eigenvalue weighted by atomic mass is 16.3. The zero-order valence-corrected chi connectivity index (χ0v) is 44.1. The number of furan rings is 2. The summed E-state index contributed by atoms with van der Waals surface area (Å²) in [5, 5.41) is 2.48. The van der Waals surface area contributed by atoms with Crippen molar-refractivity contribution in [3.05, 3.63) is 315 Å². The van der Waals surface area contributed by atoms with E-state index in [1.807, 2.05) is 78.9 Å². The third kappa shape index (κ3) is 8.26. The maximum atomic E-state index is 9.36. The Labute approximate surface area is 518 Å². The molecule has 0 saturated carbocycles. The molecule has 0 aliphatic rings. The quantitative estimate of drug-likeness (QED) is 0.149. The molecule has 0 unspecified atom stereocenters. The van der Waals surface area contributed by atoms with E-state index in [1.54, 1.807) is 78.9 Å². The Kier molecular flexibility index (Phi) is 7.48. The number of para-hydroxylation sites is 2. The van der Waals surface area contributed by atoms with Gasteiger partial charge in [0.1, 0.15) is 22.3 Å². The lowest BCUT2D eigenvalue weighted by Gasteiger charge is -2.18. The van der Waals surface area contributed by atoms with E-state index in [0.29, 0.717) is 38.8 Å². The molecule has 17 rings (SSSR count). The van der Waals surface area contributed by atoms with E-state index in [9.17, 15) is 8.22 Å². The summed E-state index contributed by atoms with van der Waals surface area (Å²) in [7, 11) is 0. The molecule has 392 valence electrons. The highest BCUT2D eigenvalue weighted by Crippen LogP contribution is 2.48. The molecule has 0 aliphatic carbocycles.